The van der Waals surface area contributed by atoms with Crippen molar-refractivity contribution in [3.8, 4) is 0 Å². The first kappa shape index (κ1) is 8.71. The minimum atomic E-state index is -0.195. The Bertz CT molecular complexity index is 292. The molecule has 58 valence electrons. The van der Waals surface area contributed by atoms with Crippen LogP contribution in [0.4, 0.5) is 4.39 Å². The van der Waals surface area contributed by atoms with Crippen LogP contribution in [-0.4, -0.2) is 0 Å². The molecule has 0 bridgehead atoms. The van der Waals surface area contributed by atoms with E-state index in [2.05, 4.69) is 29.2 Å². The average Bonchev–Trinajstić information content (AvgIpc) is 1.85. The monoisotopic (exact) mass is 262 g/mol. The van der Waals surface area contributed by atoms with Crippen LogP contribution in [0.2, 0.25) is 0 Å². The highest BCUT2D eigenvalue weighted by Crippen LogP contribution is 2.19. The van der Waals surface area contributed by atoms with Crippen molar-refractivity contribution in [3.63, 3.8) is 0 Å². The van der Waals surface area contributed by atoms with Crippen molar-refractivity contribution in [1.82, 2.24) is 0 Å². The molecule has 0 unspecified atom stereocenters. The summed E-state index contributed by atoms with van der Waals surface area (Å²) in [6.07, 6.45) is 0. The van der Waals surface area contributed by atoms with Gasteiger partial charge in [0.15, 0.2) is 0 Å². The van der Waals surface area contributed by atoms with Crippen LogP contribution >= 0.6 is 22.6 Å². The fourth-order valence-corrected chi connectivity index (χ4v) is 1.77. The lowest BCUT2D eigenvalue weighted by molar-refractivity contribution is 0.626. The van der Waals surface area contributed by atoms with Crippen LogP contribution in [0.3, 0.4) is 0 Å². The second-order valence-corrected chi connectivity index (χ2v) is 3.57. The van der Waals surface area contributed by atoms with E-state index in [9.17, 15) is 4.39 Å². The summed E-state index contributed by atoms with van der Waals surface area (Å²) in [5.41, 5.74) is 1.99. The molecule has 0 aliphatic heterocycles. The predicted molar refractivity (Wildman–Crippen MR) is 53.8 cm³/mol. The van der Waals surface area contributed by atoms with Gasteiger partial charge in [-0.15, -0.1) is 0 Å². The Morgan fingerprint density at radius 1 is 1.55 bits per heavy atom. The van der Waals surface area contributed by atoms with Gasteiger partial charge in [-0.05, 0) is 47.2 Å². The number of halogens is 2. The summed E-state index contributed by atoms with van der Waals surface area (Å²) < 4.78 is 13.5. The van der Waals surface area contributed by atoms with Gasteiger partial charge in [-0.3, -0.25) is 0 Å². The molecule has 0 aromatic heterocycles. The molecule has 0 N–H and O–H groups in total. The normalized spacial score (nSPS) is 9.73. The molecule has 0 nitrogen and oxygen atoms in total. The number of allylic oxidation sites excluding steroid dienone is 1. The number of benzene rings is 1. The molecular weight excluding hydrogens is 254 g/mol. The SMILES string of the molecule is C=C(C)c1ccc(F)cc1I. The summed E-state index contributed by atoms with van der Waals surface area (Å²) in [6.45, 7) is 5.70. The largest absolute Gasteiger partial charge is 0.207 e. The van der Waals surface area contributed by atoms with Crippen molar-refractivity contribution in [2.75, 3.05) is 0 Å². The van der Waals surface area contributed by atoms with Gasteiger partial charge in [-0.25, -0.2) is 4.39 Å². The second kappa shape index (κ2) is 3.34. The Hall–Kier alpha value is -0.380. The van der Waals surface area contributed by atoms with E-state index in [-0.39, 0.29) is 5.82 Å². The lowest BCUT2D eigenvalue weighted by atomic mass is 10.1. The molecule has 1 aromatic rings. The maximum atomic E-state index is 12.6. The zero-order valence-electron chi connectivity index (χ0n) is 6.20. The topological polar surface area (TPSA) is 0 Å². The van der Waals surface area contributed by atoms with Crippen LogP contribution in [0.15, 0.2) is 24.8 Å². The molecule has 1 aromatic carbocycles. The Morgan fingerprint density at radius 3 is 2.64 bits per heavy atom. The molecule has 0 saturated carbocycles. The third-order valence-corrected chi connectivity index (χ3v) is 2.28. The zero-order valence-corrected chi connectivity index (χ0v) is 8.35. The highest BCUT2D eigenvalue weighted by atomic mass is 127. The summed E-state index contributed by atoms with van der Waals surface area (Å²) in [5, 5.41) is 0. The van der Waals surface area contributed by atoms with Gasteiger partial charge in [-0.1, -0.05) is 18.2 Å². The first-order valence-corrected chi connectivity index (χ1v) is 4.30. The van der Waals surface area contributed by atoms with Crippen molar-refractivity contribution in [3.05, 3.63) is 39.7 Å². The third kappa shape index (κ3) is 2.02. The van der Waals surface area contributed by atoms with Crippen LogP contribution in [-0.2, 0) is 0 Å². The minimum Gasteiger partial charge on any atom is -0.207 e. The third-order valence-electron chi connectivity index (χ3n) is 1.39. The summed E-state index contributed by atoms with van der Waals surface area (Å²) in [4.78, 5) is 0. The molecule has 0 amide bonds. The Labute approximate surface area is 79.3 Å². The molecule has 0 aliphatic carbocycles. The first-order valence-electron chi connectivity index (χ1n) is 3.22. The fraction of sp³-hybridized carbons (Fsp3) is 0.111. The molecule has 0 spiro atoms. The van der Waals surface area contributed by atoms with Crippen LogP contribution in [0.5, 0.6) is 0 Å². The van der Waals surface area contributed by atoms with Crippen LogP contribution in [0, 0.1) is 9.39 Å². The Balaban J connectivity index is 3.20. The number of hydrogen-bond donors (Lipinski definition) is 0. The summed E-state index contributed by atoms with van der Waals surface area (Å²) >= 11 is 2.10. The van der Waals surface area contributed by atoms with E-state index < -0.39 is 0 Å². The standard InChI is InChI=1S/C9H8FI/c1-6(2)8-4-3-7(10)5-9(8)11/h3-5H,1H2,2H3. The lowest BCUT2D eigenvalue weighted by Crippen LogP contribution is -1.85. The van der Waals surface area contributed by atoms with Gasteiger partial charge < -0.3 is 0 Å². The number of rotatable bonds is 1. The molecule has 0 heterocycles. The molecule has 0 aliphatic rings. The second-order valence-electron chi connectivity index (χ2n) is 2.40. The van der Waals surface area contributed by atoms with E-state index in [1.165, 1.54) is 12.1 Å². The molecular formula is C9H8FI. The highest BCUT2D eigenvalue weighted by molar-refractivity contribution is 14.1. The van der Waals surface area contributed by atoms with E-state index in [1.54, 1.807) is 6.07 Å². The van der Waals surface area contributed by atoms with Crippen molar-refractivity contribution >= 4 is 28.2 Å². The summed E-state index contributed by atoms with van der Waals surface area (Å²) in [7, 11) is 0. The van der Waals surface area contributed by atoms with Gasteiger partial charge in [-0.2, -0.15) is 0 Å². The van der Waals surface area contributed by atoms with Crippen LogP contribution in [0.25, 0.3) is 5.57 Å². The van der Waals surface area contributed by atoms with Crippen LogP contribution < -0.4 is 0 Å². The molecule has 2 heteroatoms. The maximum absolute atomic E-state index is 12.6. The molecule has 0 atom stereocenters. The first-order chi connectivity index (χ1) is 5.11. The molecule has 0 saturated heterocycles. The van der Waals surface area contributed by atoms with Crippen molar-refractivity contribution < 1.29 is 4.39 Å². The van der Waals surface area contributed by atoms with Crippen molar-refractivity contribution in [2.24, 2.45) is 0 Å². The van der Waals surface area contributed by atoms with Gasteiger partial charge in [0, 0.05) is 3.57 Å². The number of hydrogen-bond acceptors (Lipinski definition) is 0. The van der Waals surface area contributed by atoms with Crippen LogP contribution in [0.1, 0.15) is 12.5 Å². The van der Waals surface area contributed by atoms with Gasteiger partial charge in [0.1, 0.15) is 5.82 Å². The van der Waals surface area contributed by atoms with Gasteiger partial charge in [0.2, 0.25) is 0 Å². The van der Waals surface area contributed by atoms with Gasteiger partial charge in [0.25, 0.3) is 0 Å². The van der Waals surface area contributed by atoms with E-state index in [4.69, 9.17) is 0 Å². The van der Waals surface area contributed by atoms with Gasteiger partial charge in [0.05, 0.1) is 0 Å². The molecule has 1 rings (SSSR count). The van der Waals surface area contributed by atoms with Crippen molar-refractivity contribution in [1.29, 1.82) is 0 Å². The smallest absolute Gasteiger partial charge is 0.124 e. The quantitative estimate of drug-likeness (QED) is 0.680. The zero-order chi connectivity index (χ0) is 8.43. The fourth-order valence-electron chi connectivity index (χ4n) is 0.836. The maximum Gasteiger partial charge on any atom is 0.124 e. The van der Waals surface area contributed by atoms with Gasteiger partial charge >= 0.3 is 0 Å². The summed E-state index contributed by atoms with van der Waals surface area (Å²) in [6, 6.07) is 4.70. The molecule has 11 heavy (non-hydrogen) atoms. The Kier molecular flexibility index (Phi) is 2.65. The van der Waals surface area contributed by atoms with E-state index >= 15 is 0 Å². The Morgan fingerprint density at radius 2 is 2.18 bits per heavy atom. The predicted octanol–water partition coefficient (Wildman–Crippen LogP) is 3.46. The van der Waals surface area contributed by atoms with Crippen molar-refractivity contribution in [2.45, 2.75) is 6.92 Å². The van der Waals surface area contributed by atoms with E-state index in [1.807, 2.05) is 6.92 Å². The summed E-state index contributed by atoms with van der Waals surface area (Å²) in [5.74, 6) is -0.195. The minimum absolute atomic E-state index is 0.195. The lowest BCUT2D eigenvalue weighted by Gasteiger charge is -2.01. The average molecular weight is 262 g/mol. The molecule has 0 fully saturated rings. The highest BCUT2D eigenvalue weighted by Gasteiger charge is 2.00. The molecule has 0 radical (unpaired) electrons. The van der Waals surface area contributed by atoms with E-state index in [0.717, 1.165) is 14.7 Å². The van der Waals surface area contributed by atoms with E-state index in [0.29, 0.717) is 0 Å².